The summed E-state index contributed by atoms with van der Waals surface area (Å²) in [6.45, 7) is 6.45. The van der Waals surface area contributed by atoms with Gasteiger partial charge in [0.2, 0.25) is 5.91 Å². The Labute approximate surface area is 192 Å². The Balaban J connectivity index is 1.95. The van der Waals surface area contributed by atoms with E-state index in [4.69, 9.17) is 4.84 Å². The van der Waals surface area contributed by atoms with Crippen LogP contribution in [0.3, 0.4) is 0 Å². The fraction of sp³-hybridized carbons (Fsp3) is 0.615. The lowest BCUT2D eigenvalue weighted by atomic mass is 9.97. The highest BCUT2D eigenvalue weighted by Gasteiger charge is 2.32. The zero-order valence-corrected chi connectivity index (χ0v) is 20.4. The van der Waals surface area contributed by atoms with Crippen molar-refractivity contribution in [2.45, 2.75) is 84.2 Å². The largest absolute Gasteiger partial charge is 0.399 e. The summed E-state index contributed by atoms with van der Waals surface area (Å²) >= 11 is 0. The lowest BCUT2D eigenvalue weighted by Gasteiger charge is -2.32. The normalized spacial score (nSPS) is 19.3. The van der Waals surface area contributed by atoms with Gasteiger partial charge in [-0.1, -0.05) is 64.1 Å². The Morgan fingerprint density at radius 1 is 1.22 bits per heavy atom. The second-order valence-electron chi connectivity index (χ2n) is 9.38. The van der Waals surface area contributed by atoms with Crippen molar-refractivity contribution < 1.29 is 9.63 Å². The van der Waals surface area contributed by atoms with Crippen LogP contribution in [0.2, 0.25) is 0 Å². The molecule has 1 aromatic heterocycles. The maximum atomic E-state index is 13.2. The maximum Gasteiger partial charge on any atom is 0.243 e. The summed E-state index contributed by atoms with van der Waals surface area (Å²) in [6.07, 6.45) is 13.3. The van der Waals surface area contributed by atoms with E-state index in [9.17, 15) is 4.79 Å². The smallest absolute Gasteiger partial charge is 0.243 e. The number of benzene rings is 1. The molecule has 6 nitrogen and oxygen atoms in total. The molecule has 2 atom stereocenters. The predicted molar refractivity (Wildman–Crippen MR) is 134 cm³/mol. The molecule has 0 bridgehead atoms. The van der Waals surface area contributed by atoms with E-state index in [2.05, 4.69) is 59.5 Å². The Kier molecular flexibility index (Phi) is 8.60. The molecule has 3 rings (SSSR count). The number of carbonyl (C=O) groups is 1. The number of hydrogen-bond acceptors (Lipinski definition) is 4. The van der Waals surface area contributed by atoms with Crippen molar-refractivity contribution in [1.82, 2.24) is 10.3 Å². The van der Waals surface area contributed by atoms with E-state index in [1.54, 1.807) is 6.21 Å². The lowest BCUT2D eigenvalue weighted by Crippen LogP contribution is -2.51. The molecule has 0 saturated carbocycles. The first-order chi connectivity index (χ1) is 15.5. The summed E-state index contributed by atoms with van der Waals surface area (Å²) in [6, 6.07) is 3.97. The van der Waals surface area contributed by atoms with E-state index in [0.29, 0.717) is 6.42 Å². The van der Waals surface area contributed by atoms with Crippen molar-refractivity contribution in [3.05, 3.63) is 29.5 Å². The highest BCUT2D eigenvalue weighted by molar-refractivity contribution is 6.00. The third kappa shape index (κ3) is 5.45. The number of nitrogens with one attached hydrogen (secondary N) is 2. The maximum absolute atomic E-state index is 13.2. The molecule has 176 valence electrons. The van der Waals surface area contributed by atoms with Crippen LogP contribution in [0.5, 0.6) is 0 Å². The van der Waals surface area contributed by atoms with Gasteiger partial charge in [-0.05, 0) is 36.0 Å². The van der Waals surface area contributed by atoms with E-state index >= 15 is 0 Å². The Bertz CT molecular complexity index is 918. The second kappa shape index (κ2) is 11.4. The number of amides is 1. The van der Waals surface area contributed by atoms with Gasteiger partial charge in [0.25, 0.3) is 0 Å². The topological polar surface area (TPSA) is 69.7 Å². The summed E-state index contributed by atoms with van der Waals surface area (Å²) in [5, 5.41) is 8.35. The molecule has 32 heavy (non-hydrogen) atoms. The van der Waals surface area contributed by atoms with E-state index in [-0.39, 0.29) is 23.9 Å². The van der Waals surface area contributed by atoms with Gasteiger partial charge >= 0.3 is 0 Å². The summed E-state index contributed by atoms with van der Waals surface area (Å²) in [5.41, 5.74) is 4.88. The SMILES string of the molecule is CCCCCCCCc1ccc2c3c(c[nH]c13)C[C@@H](/C=N/OC)NC(=O)[C@H](C(C)C)N2C. The minimum Gasteiger partial charge on any atom is -0.399 e. The summed E-state index contributed by atoms with van der Waals surface area (Å²) in [7, 11) is 3.56. The molecule has 0 aliphatic carbocycles. The molecule has 1 aromatic carbocycles. The molecule has 0 saturated heterocycles. The highest BCUT2D eigenvalue weighted by atomic mass is 16.6. The van der Waals surface area contributed by atoms with Gasteiger partial charge in [-0.3, -0.25) is 4.79 Å². The number of unbranched alkanes of at least 4 members (excludes halogenated alkanes) is 5. The lowest BCUT2D eigenvalue weighted by molar-refractivity contribution is -0.123. The summed E-state index contributed by atoms with van der Waals surface area (Å²) < 4.78 is 0. The van der Waals surface area contributed by atoms with E-state index in [1.165, 1.54) is 67.7 Å². The average molecular weight is 441 g/mol. The zero-order valence-electron chi connectivity index (χ0n) is 20.4. The molecule has 2 aromatic rings. The molecule has 1 amide bonds. The minimum atomic E-state index is -0.262. The van der Waals surface area contributed by atoms with Crippen LogP contribution < -0.4 is 10.2 Å². The van der Waals surface area contributed by atoms with Gasteiger partial charge in [-0.2, -0.15) is 0 Å². The van der Waals surface area contributed by atoms with Crippen LogP contribution in [0.15, 0.2) is 23.5 Å². The summed E-state index contributed by atoms with van der Waals surface area (Å²) in [4.78, 5) is 23.8. The third-order valence-corrected chi connectivity index (χ3v) is 6.59. The number of likely N-dealkylation sites (N-methyl/N-ethyl adjacent to an activating group) is 1. The van der Waals surface area contributed by atoms with Crippen LogP contribution in [0, 0.1) is 5.92 Å². The molecular formula is C26H40N4O2. The molecule has 0 radical (unpaired) electrons. The number of nitrogens with zero attached hydrogens (tertiary/aromatic N) is 2. The van der Waals surface area contributed by atoms with Crippen molar-refractivity contribution in [3.63, 3.8) is 0 Å². The van der Waals surface area contributed by atoms with Crippen molar-refractivity contribution in [3.8, 4) is 0 Å². The Hall–Kier alpha value is -2.50. The van der Waals surface area contributed by atoms with Crippen molar-refractivity contribution >= 4 is 28.7 Å². The molecule has 2 N–H and O–H groups in total. The van der Waals surface area contributed by atoms with Crippen LogP contribution in [0.1, 0.15) is 70.4 Å². The first kappa shape index (κ1) is 24.1. The number of aromatic nitrogens is 1. The van der Waals surface area contributed by atoms with Gasteiger partial charge in [0, 0.05) is 30.7 Å². The minimum absolute atomic E-state index is 0.0218. The van der Waals surface area contributed by atoms with Crippen LogP contribution in [0.25, 0.3) is 10.9 Å². The molecule has 1 aliphatic heterocycles. The molecule has 1 aliphatic rings. The zero-order chi connectivity index (χ0) is 23.1. The van der Waals surface area contributed by atoms with E-state index in [0.717, 1.165) is 12.1 Å². The number of anilines is 1. The van der Waals surface area contributed by atoms with Crippen molar-refractivity contribution in [1.29, 1.82) is 0 Å². The fourth-order valence-corrected chi connectivity index (χ4v) is 4.97. The Morgan fingerprint density at radius 2 is 1.97 bits per heavy atom. The number of H-pyrrole nitrogens is 1. The van der Waals surface area contributed by atoms with Gasteiger partial charge in [-0.15, -0.1) is 0 Å². The molecule has 6 heteroatoms. The van der Waals surface area contributed by atoms with Crippen LogP contribution in [-0.2, 0) is 22.5 Å². The monoisotopic (exact) mass is 440 g/mol. The molecule has 2 heterocycles. The van der Waals surface area contributed by atoms with E-state index in [1.807, 2.05) is 7.05 Å². The number of aromatic amines is 1. The molecule has 0 spiro atoms. The van der Waals surface area contributed by atoms with E-state index < -0.39 is 0 Å². The second-order valence-corrected chi connectivity index (χ2v) is 9.38. The predicted octanol–water partition coefficient (Wildman–Crippen LogP) is 5.20. The van der Waals surface area contributed by atoms with Gasteiger partial charge in [0.05, 0.1) is 17.8 Å². The third-order valence-electron chi connectivity index (χ3n) is 6.59. The average Bonchev–Trinajstić information content (AvgIpc) is 3.18. The van der Waals surface area contributed by atoms with Gasteiger partial charge in [0.15, 0.2) is 0 Å². The van der Waals surface area contributed by atoms with Crippen molar-refractivity contribution in [2.24, 2.45) is 11.1 Å². The molecule has 0 unspecified atom stereocenters. The number of hydrogen-bond donors (Lipinski definition) is 2. The summed E-state index contributed by atoms with van der Waals surface area (Å²) in [5.74, 6) is 0.187. The number of rotatable bonds is 10. The number of carbonyl (C=O) groups excluding carboxylic acids is 1. The van der Waals surface area contributed by atoms with Crippen LogP contribution in [-0.4, -0.2) is 43.3 Å². The van der Waals surface area contributed by atoms with Gasteiger partial charge < -0.3 is 20.0 Å². The van der Waals surface area contributed by atoms with Gasteiger partial charge in [-0.25, -0.2) is 0 Å². The fourth-order valence-electron chi connectivity index (χ4n) is 4.97. The number of aryl methyl sites for hydroxylation is 1. The number of oxime groups is 1. The van der Waals surface area contributed by atoms with Crippen LogP contribution in [0.4, 0.5) is 5.69 Å². The Morgan fingerprint density at radius 3 is 2.69 bits per heavy atom. The first-order valence-electron chi connectivity index (χ1n) is 12.2. The van der Waals surface area contributed by atoms with Crippen LogP contribution >= 0.6 is 0 Å². The van der Waals surface area contributed by atoms with Gasteiger partial charge in [0.1, 0.15) is 13.2 Å². The molecule has 0 fully saturated rings. The standard InChI is InChI=1S/C26H40N4O2/c1-6-7-8-9-10-11-12-19-13-14-22-23-20(16-27-24(19)23)15-21(17-28-32-5)29-26(31)25(18(2)3)30(22)4/h13-14,16-18,21,25,27H,6-12,15H2,1-5H3,(H,29,31)/b28-17+/t21-,25-/m0/s1. The highest BCUT2D eigenvalue weighted by Crippen LogP contribution is 2.35. The van der Waals surface area contributed by atoms with Crippen molar-refractivity contribution in [2.75, 3.05) is 19.1 Å². The quantitative estimate of drug-likeness (QED) is 0.303. The first-order valence-corrected chi connectivity index (χ1v) is 12.2. The molecular weight excluding hydrogens is 400 g/mol.